The molecule has 2 aromatic heterocycles. The summed E-state index contributed by atoms with van der Waals surface area (Å²) < 4.78 is 90.7. The Morgan fingerprint density at radius 3 is 2.33 bits per heavy atom. The van der Waals surface area contributed by atoms with Crippen molar-refractivity contribution in [1.29, 1.82) is 0 Å². The van der Waals surface area contributed by atoms with Crippen LogP contribution in [-0.4, -0.2) is 17.1 Å². The first kappa shape index (κ1) is 31.8. The second-order valence-electron chi connectivity index (χ2n) is 10.1. The van der Waals surface area contributed by atoms with Gasteiger partial charge in [0.05, 0.1) is 23.9 Å². The van der Waals surface area contributed by atoms with Crippen LogP contribution in [0.3, 0.4) is 0 Å². The summed E-state index contributed by atoms with van der Waals surface area (Å²) in [6.45, 7) is 0. The molecular weight excluding hydrogens is 668 g/mol. The van der Waals surface area contributed by atoms with Gasteiger partial charge in [0.1, 0.15) is 10.7 Å². The SMILES string of the molecule is COC(=O)c1ccc(-c2cccc(-c3c(-c4ccsc4C(F)(F)F)c4cc(F)ccc4n3Sc3ccc(C(F)F)cc3)c2)c(Cl)c1. The molecule has 4 aromatic carbocycles. The molecule has 0 bridgehead atoms. The Morgan fingerprint density at radius 2 is 1.65 bits per heavy atom. The van der Waals surface area contributed by atoms with E-state index in [9.17, 15) is 31.1 Å². The minimum absolute atomic E-state index is 0.124. The third-order valence-electron chi connectivity index (χ3n) is 7.24. The van der Waals surface area contributed by atoms with Gasteiger partial charge < -0.3 is 4.74 Å². The molecule has 0 N–H and O–H groups in total. The van der Waals surface area contributed by atoms with Crippen LogP contribution in [0.25, 0.3) is 44.4 Å². The van der Waals surface area contributed by atoms with Gasteiger partial charge in [0.15, 0.2) is 0 Å². The molecule has 0 radical (unpaired) electrons. The van der Waals surface area contributed by atoms with Gasteiger partial charge in [-0.2, -0.15) is 13.2 Å². The molecule has 6 aromatic rings. The highest BCUT2D eigenvalue weighted by Gasteiger charge is 2.37. The molecule has 6 rings (SSSR count). The van der Waals surface area contributed by atoms with Crippen molar-refractivity contribution in [2.75, 3.05) is 7.11 Å². The first-order valence-electron chi connectivity index (χ1n) is 13.5. The van der Waals surface area contributed by atoms with Crippen molar-refractivity contribution in [3.63, 3.8) is 0 Å². The highest BCUT2D eigenvalue weighted by Crippen LogP contribution is 2.50. The number of hydrogen-bond acceptors (Lipinski definition) is 4. The molecule has 46 heavy (non-hydrogen) atoms. The molecule has 12 heteroatoms. The van der Waals surface area contributed by atoms with Crippen LogP contribution in [0.5, 0.6) is 0 Å². The van der Waals surface area contributed by atoms with Crippen molar-refractivity contribution in [1.82, 2.24) is 3.97 Å². The van der Waals surface area contributed by atoms with Crippen molar-refractivity contribution in [3.05, 3.63) is 123 Å². The highest BCUT2D eigenvalue weighted by molar-refractivity contribution is 7.98. The predicted molar refractivity (Wildman–Crippen MR) is 170 cm³/mol. The van der Waals surface area contributed by atoms with E-state index in [1.807, 2.05) is 0 Å². The lowest BCUT2D eigenvalue weighted by atomic mass is 9.96. The maximum absolute atomic E-state index is 14.8. The summed E-state index contributed by atoms with van der Waals surface area (Å²) in [5.74, 6) is -1.21. The second kappa shape index (κ2) is 12.5. The lowest BCUT2D eigenvalue weighted by Crippen LogP contribution is -2.04. The number of rotatable bonds is 7. The van der Waals surface area contributed by atoms with E-state index in [2.05, 4.69) is 0 Å². The van der Waals surface area contributed by atoms with E-state index in [1.165, 1.54) is 67.1 Å². The minimum Gasteiger partial charge on any atom is -0.465 e. The largest absolute Gasteiger partial charge is 0.465 e. The molecule has 3 nitrogen and oxygen atoms in total. The van der Waals surface area contributed by atoms with Crippen LogP contribution in [0.15, 0.2) is 101 Å². The maximum Gasteiger partial charge on any atom is 0.426 e. The van der Waals surface area contributed by atoms with Crippen LogP contribution < -0.4 is 0 Å². The Labute approximate surface area is 272 Å². The first-order chi connectivity index (χ1) is 22.0. The van der Waals surface area contributed by atoms with Crippen LogP contribution in [0.2, 0.25) is 5.02 Å². The molecule has 2 heterocycles. The predicted octanol–water partition coefficient (Wildman–Crippen LogP) is 11.8. The van der Waals surface area contributed by atoms with Crippen molar-refractivity contribution in [3.8, 4) is 33.5 Å². The highest BCUT2D eigenvalue weighted by atomic mass is 35.5. The average Bonchev–Trinajstić information content (AvgIpc) is 3.64. The average molecular weight is 688 g/mol. The molecule has 0 atom stereocenters. The van der Waals surface area contributed by atoms with Crippen LogP contribution >= 0.6 is 34.9 Å². The third kappa shape index (κ3) is 6.02. The second-order valence-corrected chi connectivity index (χ2v) is 12.4. The molecule has 0 aliphatic rings. The van der Waals surface area contributed by atoms with Gasteiger partial charge in [-0.1, -0.05) is 48.0 Å². The zero-order chi connectivity index (χ0) is 32.7. The number of carbonyl (C=O) groups is 1. The topological polar surface area (TPSA) is 31.2 Å². The molecule has 0 amide bonds. The Balaban J connectivity index is 1.62. The number of esters is 1. The van der Waals surface area contributed by atoms with Crippen LogP contribution in [0.1, 0.15) is 27.2 Å². The van der Waals surface area contributed by atoms with Gasteiger partial charge in [-0.15, -0.1) is 11.3 Å². The van der Waals surface area contributed by atoms with Crippen LogP contribution in [-0.2, 0) is 10.9 Å². The van der Waals surface area contributed by atoms with Gasteiger partial charge in [0, 0.05) is 43.1 Å². The van der Waals surface area contributed by atoms with E-state index in [0.717, 1.165) is 11.9 Å². The van der Waals surface area contributed by atoms with E-state index in [0.29, 0.717) is 44.1 Å². The van der Waals surface area contributed by atoms with Gasteiger partial charge in [-0.3, -0.25) is 3.97 Å². The fraction of sp³-hybridized carbons (Fsp3) is 0.0882. The summed E-state index contributed by atoms with van der Waals surface area (Å²) in [6, 6.07) is 22.4. The Morgan fingerprint density at radius 1 is 0.913 bits per heavy atom. The van der Waals surface area contributed by atoms with Crippen molar-refractivity contribution in [2.24, 2.45) is 0 Å². The minimum atomic E-state index is -4.68. The van der Waals surface area contributed by atoms with Crippen molar-refractivity contribution >= 4 is 51.8 Å². The smallest absolute Gasteiger partial charge is 0.426 e. The quantitative estimate of drug-likeness (QED) is 0.124. The molecule has 0 unspecified atom stereocenters. The number of thiophene rings is 1. The number of alkyl halides is 5. The summed E-state index contributed by atoms with van der Waals surface area (Å²) in [5.41, 5.74) is 2.47. The monoisotopic (exact) mass is 687 g/mol. The summed E-state index contributed by atoms with van der Waals surface area (Å²) in [7, 11) is 1.25. The van der Waals surface area contributed by atoms with Gasteiger partial charge in [-0.25, -0.2) is 18.0 Å². The third-order valence-corrected chi connectivity index (χ3v) is 9.56. The Hall–Kier alpha value is -4.19. The normalized spacial score (nSPS) is 11.8. The molecule has 0 saturated heterocycles. The van der Waals surface area contributed by atoms with Gasteiger partial charge in [0.25, 0.3) is 6.43 Å². The standard InChI is InChI=1S/C34H20ClF6NO2S2/c1-44-33(43)21-7-11-24(27(35)16-21)19-3-2-4-20(15-19)30-29(25-13-14-45-31(25)34(39,40)41)26-17-22(36)8-12-28(26)42(30)46-23-9-5-18(6-10-23)32(37)38/h2-17,32H,1H3. The summed E-state index contributed by atoms with van der Waals surface area (Å²) in [4.78, 5) is 11.7. The molecular formula is C34H20ClF6NO2S2. The number of carbonyl (C=O) groups excluding carboxylic acids is 1. The van der Waals surface area contributed by atoms with E-state index < -0.39 is 29.3 Å². The number of methoxy groups -OCH3 is 1. The Kier molecular flexibility index (Phi) is 8.66. The number of benzene rings is 4. The van der Waals surface area contributed by atoms with Gasteiger partial charge in [0.2, 0.25) is 0 Å². The molecule has 0 aliphatic heterocycles. The van der Waals surface area contributed by atoms with Crippen LogP contribution in [0.4, 0.5) is 26.3 Å². The summed E-state index contributed by atoms with van der Waals surface area (Å²) in [5, 5.41) is 1.81. The van der Waals surface area contributed by atoms with Gasteiger partial charge in [-0.05, 0) is 77.5 Å². The molecule has 0 saturated carbocycles. The first-order valence-corrected chi connectivity index (χ1v) is 15.5. The maximum atomic E-state index is 14.8. The van der Waals surface area contributed by atoms with E-state index in [1.54, 1.807) is 40.4 Å². The van der Waals surface area contributed by atoms with Gasteiger partial charge >= 0.3 is 12.1 Å². The fourth-order valence-corrected chi connectivity index (χ4v) is 7.27. The lowest BCUT2D eigenvalue weighted by molar-refractivity contribution is -0.133. The number of aromatic nitrogens is 1. The summed E-state index contributed by atoms with van der Waals surface area (Å²) in [6.07, 6.45) is -7.36. The van der Waals surface area contributed by atoms with E-state index in [-0.39, 0.29) is 32.7 Å². The lowest BCUT2D eigenvalue weighted by Gasteiger charge is -2.15. The molecule has 0 spiro atoms. The zero-order valence-corrected chi connectivity index (χ0v) is 25.9. The number of halogens is 7. The fourth-order valence-electron chi connectivity index (χ4n) is 5.20. The number of ether oxygens (including phenoxy) is 1. The van der Waals surface area contributed by atoms with Crippen molar-refractivity contribution in [2.45, 2.75) is 17.5 Å². The number of hydrogen-bond donors (Lipinski definition) is 0. The number of nitrogens with zero attached hydrogens (tertiary/aromatic N) is 1. The number of fused-ring (bicyclic) bond motifs is 1. The Bertz CT molecular complexity index is 2090. The van der Waals surface area contributed by atoms with Crippen molar-refractivity contribution < 1.29 is 35.9 Å². The van der Waals surface area contributed by atoms with E-state index >= 15 is 0 Å². The molecule has 0 aliphatic carbocycles. The molecule has 0 fully saturated rings. The van der Waals surface area contributed by atoms with E-state index in [4.69, 9.17) is 16.3 Å². The molecule has 234 valence electrons. The van der Waals surface area contributed by atoms with Crippen LogP contribution in [0, 0.1) is 5.82 Å². The summed E-state index contributed by atoms with van der Waals surface area (Å²) >= 11 is 8.20. The zero-order valence-electron chi connectivity index (χ0n) is 23.5.